The number of nitrogens with zero attached hydrogens (tertiary/aromatic N) is 1. The van der Waals surface area contributed by atoms with Crippen molar-refractivity contribution in [3.8, 4) is 11.5 Å². The Kier molecular flexibility index (Phi) is 7.01. The number of methoxy groups -OCH3 is 1. The molecular weight excluding hydrogens is 432 g/mol. The maximum absolute atomic E-state index is 12.6. The highest BCUT2D eigenvalue weighted by Gasteiger charge is 2.12. The van der Waals surface area contributed by atoms with Crippen LogP contribution < -0.4 is 10.1 Å². The molecule has 1 aromatic heterocycles. The second-order valence-electron chi connectivity index (χ2n) is 6.70. The van der Waals surface area contributed by atoms with Crippen molar-refractivity contribution in [2.24, 2.45) is 0 Å². The Morgan fingerprint density at radius 1 is 1.10 bits per heavy atom. The fraction of sp³-hybridized carbons (Fsp3) is 0.217. The summed E-state index contributed by atoms with van der Waals surface area (Å²) >= 11 is 3.46. The lowest BCUT2D eigenvalue weighted by Crippen LogP contribution is -2.16. The molecule has 0 radical (unpaired) electrons. The SMILES string of the molecule is COC(C)Cc1ccc(C(=O)Nc2ccc(Oc3ccccc3Br)cc2)c(C)n1. The largest absolute Gasteiger partial charge is 0.456 e. The Labute approximate surface area is 179 Å². The fourth-order valence-electron chi connectivity index (χ4n) is 2.80. The average molecular weight is 455 g/mol. The van der Waals surface area contributed by atoms with Gasteiger partial charge in [0, 0.05) is 24.9 Å². The van der Waals surface area contributed by atoms with Crippen LogP contribution in [0, 0.1) is 6.92 Å². The van der Waals surface area contributed by atoms with E-state index in [1.54, 1.807) is 13.2 Å². The molecule has 150 valence electrons. The number of hydrogen-bond donors (Lipinski definition) is 1. The van der Waals surface area contributed by atoms with Crippen molar-refractivity contribution in [3.05, 3.63) is 82.1 Å². The van der Waals surface area contributed by atoms with E-state index in [-0.39, 0.29) is 12.0 Å². The van der Waals surface area contributed by atoms with E-state index in [9.17, 15) is 4.79 Å². The van der Waals surface area contributed by atoms with Crippen LogP contribution in [0.5, 0.6) is 11.5 Å². The summed E-state index contributed by atoms with van der Waals surface area (Å²) in [6.45, 7) is 3.83. The van der Waals surface area contributed by atoms with Gasteiger partial charge in [-0.3, -0.25) is 9.78 Å². The van der Waals surface area contributed by atoms with Gasteiger partial charge in [-0.15, -0.1) is 0 Å². The van der Waals surface area contributed by atoms with Crippen LogP contribution in [0.4, 0.5) is 5.69 Å². The first-order chi connectivity index (χ1) is 14.0. The molecule has 1 unspecified atom stereocenters. The van der Waals surface area contributed by atoms with E-state index in [1.807, 2.05) is 68.4 Å². The summed E-state index contributed by atoms with van der Waals surface area (Å²) in [6.07, 6.45) is 0.789. The number of amides is 1. The molecule has 0 saturated carbocycles. The molecule has 0 aliphatic carbocycles. The molecule has 3 rings (SSSR count). The molecule has 1 N–H and O–H groups in total. The highest BCUT2D eigenvalue weighted by molar-refractivity contribution is 9.10. The molecule has 1 atom stereocenters. The fourth-order valence-corrected chi connectivity index (χ4v) is 3.17. The third kappa shape index (κ3) is 5.65. The van der Waals surface area contributed by atoms with E-state index in [0.29, 0.717) is 29.1 Å². The molecule has 6 heteroatoms. The number of anilines is 1. The molecule has 1 heterocycles. The van der Waals surface area contributed by atoms with Gasteiger partial charge in [0.05, 0.1) is 21.8 Å². The lowest BCUT2D eigenvalue weighted by molar-refractivity contribution is 0.102. The van der Waals surface area contributed by atoms with Gasteiger partial charge >= 0.3 is 0 Å². The number of rotatable bonds is 7. The summed E-state index contributed by atoms with van der Waals surface area (Å²) < 4.78 is 12.0. The van der Waals surface area contributed by atoms with Crippen LogP contribution >= 0.6 is 15.9 Å². The zero-order valence-electron chi connectivity index (χ0n) is 16.6. The van der Waals surface area contributed by atoms with Crippen molar-refractivity contribution in [3.63, 3.8) is 0 Å². The van der Waals surface area contributed by atoms with Gasteiger partial charge in [0.2, 0.25) is 0 Å². The normalized spacial score (nSPS) is 11.7. The maximum Gasteiger partial charge on any atom is 0.257 e. The van der Waals surface area contributed by atoms with E-state index in [2.05, 4.69) is 26.2 Å². The smallest absolute Gasteiger partial charge is 0.257 e. The number of para-hydroxylation sites is 1. The van der Waals surface area contributed by atoms with Gasteiger partial charge in [-0.25, -0.2) is 0 Å². The zero-order chi connectivity index (χ0) is 20.8. The standard InChI is InChI=1S/C23H23BrN2O3/c1-15(28-3)14-18-10-13-20(16(2)25-18)23(27)26-17-8-11-19(12-9-17)29-22-7-5-4-6-21(22)24/h4-13,15H,14H2,1-3H3,(H,26,27). The molecule has 1 amide bonds. The van der Waals surface area contributed by atoms with Crippen molar-refractivity contribution >= 4 is 27.5 Å². The first-order valence-corrected chi connectivity index (χ1v) is 10.1. The maximum atomic E-state index is 12.6. The number of benzene rings is 2. The summed E-state index contributed by atoms with van der Waals surface area (Å²) in [4.78, 5) is 17.2. The van der Waals surface area contributed by atoms with Gasteiger partial charge in [-0.2, -0.15) is 0 Å². The number of carbonyl (C=O) groups is 1. The Morgan fingerprint density at radius 2 is 1.83 bits per heavy atom. The van der Waals surface area contributed by atoms with Crippen molar-refractivity contribution < 1.29 is 14.3 Å². The molecular formula is C23H23BrN2O3. The average Bonchev–Trinajstić information content (AvgIpc) is 2.71. The van der Waals surface area contributed by atoms with Crippen molar-refractivity contribution in [2.45, 2.75) is 26.4 Å². The van der Waals surface area contributed by atoms with Crippen molar-refractivity contribution in [2.75, 3.05) is 12.4 Å². The van der Waals surface area contributed by atoms with Gasteiger partial charge in [-0.05, 0) is 78.3 Å². The Morgan fingerprint density at radius 3 is 2.48 bits per heavy atom. The summed E-state index contributed by atoms with van der Waals surface area (Å²) in [5, 5.41) is 2.90. The molecule has 29 heavy (non-hydrogen) atoms. The highest BCUT2D eigenvalue weighted by Crippen LogP contribution is 2.29. The van der Waals surface area contributed by atoms with Crippen molar-refractivity contribution in [1.82, 2.24) is 4.98 Å². The van der Waals surface area contributed by atoms with E-state index >= 15 is 0 Å². The number of carbonyl (C=O) groups excluding carboxylic acids is 1. The van der Waals surface area contributed by atoms with Crippen LogP contribution in [0.1, 0.15) is 28.7 Å². The molecule has 5 nitrogen and oxygen atoms in total. The number of halogens is 1. The summed E-state index contributed by atoms with van der Waals surface area (Å²) in [7, 11) is 1.67. The second kappa shape index (κ2) is 9.67. The van der Waals surface area contributed by atoms with Gasteiger partial charge in [0.25, 0.3) is 5.91 Å². The molecule has 0 aliphatic heterocycles. The number of aromatic nitrogens is 1. The van der Waals surface area contributed by atoms with Gasteiger partial charge in [0.1, 0.15) is 11.5 Å². The minimum Gasteiger partial charge on any atom is -0.456 e. The van der Waals surface area contributed by atoms with Crippen LogP contribution in [0.15, 0.2) is 65.1 Å². The molecule has 0 spiro atoms. The lowest BCUT2D eigenvalue weighted by atomic mass is 10.1. The third-order valence-corrected chi connectivity index (χ3v) is 5.12. The molecule has 3 aromatic rings. The van der Waals surface area contributed by atoms with E-state index < -0.39 is 0 Å². The highest BCUT2D eigenvalue weighted by atomic mass is 79.9. The number of pyridine rings is 1. The van der Waals surface area contributed by atoms with Crippen LogP contribution in [0.3, 0.4) is 0 Å². The minimum absolute atomic E-state index is 0.0822. The number of nitrogens with one attached hydrogen (secondary N) is 1. The minimum atomic E-state index is -0.194. The van der Waals surface area contributed by atoms with E-state index in [0.717, 1.165) is 15.9 Å². The predicted molar refractivity (Wildman–Crippen MR) is 118 cm³/mol. The molecule has 0 aliphatic rings. The Bertz CT molecular complexity index is 990. The summed E-state index contributed by atoms with van der Waals surface area (Å²) in [5.41, 5.74) is 2.83. The Balaban J connectivity index is 1.65. The summed E-state index contributed by atoms with van der Waals surface area (Å²) in [6, 6.07) is 18.6. The molecule has 2 aromatic carbocycles. The predicted octanol–water partition coefficient (Wildman–Crippen LogP) is 5.77. The molecule has 0 fully saturated rings. The molecule has 0 bridgehead atoms. The van der Waals surface area contributed by atoms with E-state index in [4.69, 9.17) is 9.47 Å². The first kappa shape index (κ1) is 21.0. The lowest BCUT2D eigenvalue weighted by Gasteiger charge is -2.12. The zero-order valence-corrected chi connectivity index (χ0v) is 18.2. The van der Waals surface area contributed by atoms with Gasteiger partial charge < -0.3 is 14.8 Å². The van der Waals surface area contributed by atoms with Crippen LogP contribution in [-0.4, -0.2) is 24.1 Å². The third-order valence-electron chi connectivity index (χ3n) is 4.46. The number of ether oxygens (including phenoxy) is 2. The Hall–Kier alpha value is -2.70. The quantitative estimate of drug-likeness (QED) is 0.491. The number of aryl methyl sites for hydroxylation is 1. The molecule has 0 saturated heterocycles. The first-order valence-electron chi connectivity index (χ1n) is 9.29. The van der Waals surface area contributed by atoms with Gasteiger partial charge in [-0.1, -0.05) is 12.1 Å². The van der Waals surface area contributed by atoms with Crippen LogP contribution in [-0.2, 0) is 11.2 Å². The van der Waals surface area contributed by atoms with E-state index in [1.165, 1.54) is 0 Å². The van der Waals surface area contributed by atoms with Gasteiger partial charge in [0.15, 0.2) is 0 Å². The second-order valence-corrected chi connectivity index (χ2v) is 7.55. The monoisotopic (exact) mass is 454 g/mol. The number of hydrogen-bond acceptors (Lipinski definition) is 4. The topological polar surface area (TPSA) is 60.5 Å². The van der Waals surface area contributed by atoms with Crippen LogP contribution in [0.25, 0.3) is 0 Å². The van der Waals surface area contributed by atoms with Crippen LogP contribution in [0.2, 0.25) is 0 Å². The van der Waals surface area contributed by atoms with Crippen molar-refractivity contribution in [1.29, 1.82) is 0 Å². The summed E-state index contributed by atoms with van der Waals surface area (Å²) in [5.74, 6) is 1.22.